The summed E-state index contributed by atoms with van der Waals surface area (Å²) in [5, 5.41) is 3.93. The van der Waals surface area contributed by atoms with E-state index in [1.54, 1.807) is 24.3 Å². The number of ether oxygens (including phenoxy) is 2. The average Bonchev–Trinajstić information content (AvgIpc) is 2.40. The van der Waals surface area contributed by atoms with Crippen LogP contribution in [-0.2, 0) is 0 Å². The quantitative estimate of drug-likeness (QED) is 0.794. The van der Waals surface area contributed by atoms with Crippen molar-refractivity contribution in [2.24, 2.45) is 0 Å². The molecular formula is C14H10NO2S2. The summed E-state index contributed by atoms with van der Waals surface area (Å²) in [5.74, 6) is 1.22. The van der Waals surface area contributed by atoms with Crippen LogP contribution < -0.4 is 14.8 Å². The Morgan fingerprint density at radius 1 is 0.684 bits per heavy atom. The standard InChI is InChI=1S/C14H10NO2S2/c18-13(16-11-7-3-1-4-8-11)15-14(19)17-12-9-5-2-6-10-12/h1-10H. The van der Waals surface area contributed by atoms with Crippen LogP contribution >= 0.6 is 24.4 Å². The smallest absolute Gasteiger partial charge is 0.293 e. The second-order valence-electron chi connectivity index (χ2n) is 3.47. The van der Waals surface area contributed by atoms with E-state index in [0.29, 0.717) is 11.5 Å². The monoisotopic (exact) mass is 288 g/mol. The SMILES string of the molecule is S=C([N]C(=S)Oc1ccccc1)Oc1ccccc1. The fourth-order valence-corrected chi connectivity index (χ4v) is 1.71. The first-order valence-corrected chi connectivity index (χ1v) is 6.31. The highest BCUT2D eigenvalue weighted by atomic mass is 32.1. The van der Waals surface area contributed by atoms with Gasteiger partial charge in [-0.25, -0.2) is 0 Å². The topological polar surface area (TPSA) is 32.6 Å². The summed E-state index contributed by atoms with van der Waals surface area (Å²) in [6, 6.07) is 18.3. The second kappa shape index (κ2) is 6.82. The van der Waals surface area contributed by atoms with E-state index >= 15 is 0 Å². The summed E-state index contributed by atoms with van der Waals surface area (Å²) in [7, 11) is 0. The molecule has 0 aromatic heterocycles. The van der Waals surface area contributed by atoms with Crippen LogP contribution in [0, 0.1) is 0 Å². The molecule has 0 aliphatic heterocycles. The number of hydrogen-bond acceptors (Lipinski definition) is 4. The molecule has 0 aliphatic rings. The van der Waals surface area contributed by atoms with E-state index in [2.05, 4.69) is 5.32 Å². The van der Waals surface area contributed by atoms with Crippen molar-refractivity contribution in [1.82, 2.24) is 5.32 Å². The Hall–Kier alpha value is -1.98. The zero-order chi connectivity index (χ0) is 13.5. The normalized spacial score (nSPS) is 9.47. The van der Waals surface area contributed by atoms with Gasteiger partial charge in [0.2, 0.25) is 0 Å². The summed E-state index contributed by atoms with van der Waals surface area (Å²) in [6.45, 7) is 0. The molecule has 5 heteroatoms. The Labute approximate surface area is 122 Å². The molecule has 1 radical (unpaired) electrons. The molecule has 3 nitrogen and oxygen atoms in total. The van der Waals surface area contributed by atoms with Gasteiger partial charge in [-0.2, -0.15) is 5.32 Å². The maximum Gasteiger partial charge on any atom is 0.293 e. The minimum absolute atomic E-state index is 0.0205. The molecular weight excluding hydrogens is 278 g/mol. The first-order valence-electron chi connectivity index (χ1n) is 5.49. The van der Waals surface area contributed by atoms with E-state index in [9.17, 15) is 0 Å². The molecule has 0 saturated carbocycles. The maximum absolute atomic E-state index is 5.32. The summed E-state index contributed by atoms with van der Waals surface area (Å²) >= 11 is 9.94. The van der Waals surface area contributed by atoms with Gasteiger partial charge in [0, 0.05) is 0 Å². The number of rotatable bonds is 2. The van der Waals surface area contributed by atoms with E-state index < -0.39 is 0 Å². The molecule has 2 aromatic rings. The molecule has 95 valence electrons. The lowest BCUT2D eigenvalue weighted by Crippen LogP contribution is -2.28. The van der Waals surface area contributed by atoms with Crippen LogP contribution in [-0.4, -0.2) is 10.3 Å². The number of thiocarbonyl (C=S) groups is 2. The lowest BCUT2D eigenvalue weighted by atomic mass is 10.3. The van der Waals surface area contributed by atoms with Gasteiger partial charge in [0.15, 0.2) is 0 Å². The Kier molecular flexibility index (Phi) is 4.83. The van der Waals surface area contributed by atoms with Gasteiger partial charge in [0.25, 0.3) is 10.3 Å². The van der Waals surface area contributed by atoms with Crippen molar-refractivity contribution < 1.29 is 9.47 Å². The van der Waals surface area contributed by atoms with E-state index in [4.69, 9.17) is 33.9 Å². The fraction of sp³-hybridized carbons (Fsp3) is 0. The third-order valence-electron chi connectivity index (χ3n) is 2.08. The third-order valence-corrected chi connectivity index (χ3v) is 2.43. The minimum atomic E-state index is 0.0205. The van der Waals surface area contributed by atoms with Crippen molar-refractivity contribution in [1.29, 1.82) is 0 Å². The number of para-hydroxylation sites is 2. The van der Waals surface area contributed by atoms with Crippen LogP contribution in [0.1, 0.15) is 0 Å². The minimum Gasteiger partial charge on any atom is -0.430 e. The summed E-state index contributed by atoms with van der Waals surface area (Å²) < 4.78 is 10.6. The Morgan fingerprint density at radius 2 is 1.05 bits per heavy atom. The molecule has 0 N–H and O–H groups in total. The van der Waals surface area contributed by atoms with Crippen molar-refractivity contribution in [3.63, 3.8) is 0 Å². The van der Waals surface area contributed by atoms with Crippen LogP contribution in [0.4, 0.5) is 0 Å². The van der Waals surface area contributed by atoms with E-state index in [1.807, 2.05) is 36.4 Å². The molecule has 0 spiro atoms. The Balaban J connectivity index is 1.84. The summed E-state index contributed by atoms with van der Waals surface area (Å²) in [6.07, 6.45) is 0. The molecule has 19 heavy (non-hydrogen) atoms. The van der Waals surface area contributed by atoms with Crippen molar-refractivity contribution in [2.45, 2.75) is 0 Å². The van der Waals surface area contributed by atoms with E-state index in [-0.39, 0.29) is 10.3 Å². The van der Waals surface area contributed by atoms with Gasteiger partial charge >= 0.3 is 0 Å². The molecule has 2 aromatic carbocycles. The van der Waals surface area contributed by atoms with Gasteiger partial charge < -0.3 is 9.47 Å². The van der Waals surface area contributed by atoms with Crippen LogP contribution in [0.2, 0.25) is 0 Å². The van der Waals surface area contributed by atoms with Gasteiger partial charge in [-0.1, -0.05) is 36.4 Å². The molecule has 0 unspecified atom stereocenters. The van der Waals surface area contributed by atoms with Gasteiger partial charge in [0.05, 0.1) is 0 Å². The highest BCUT2D eigenvalue weighted by Crippen LogP contribution is 2.10. The van der Waals surface area contributed by atoms with Gasteiger partial charge in [-0.05, 0) is 48.7 Å². The molecule has 0 atom stereocenters. The number of nitrogens with zero attached hydrogens (tertiary/aromatic N) is 1. The van der Waals surface area contributed by atoms with Crippen LogP contribution in [0.15, 0.2) is 60.7 Å². The summed E-state index contributed by atoms with van der Waals surface area (Å²) in [4.78, 5) is 0. The van der Waals surface area contributed by atoms with Crippen molar-refractivity contribution in [2.75, 3.05) is 0 Å². The number of benzene rings is 2. The van der Waals surface area contributed by atoms with Gasteiger partial charge in [0.1, 0.15) is 11.5 Å². The Morgan fingerprint density at radius 3 is 1.42 bits per heavy atom. The van der Waals surface area contributed by atoms with Gasteiger partial charge in [-0.15, -0.1) is 0 Å². The maximum atomic E-state index is 5.32. The van der Waals surface area contributed by atoms with Crippen LogP contribution in [0.25, 0.3) is 0 Å². The fourth-order valence-electron chi connectivity index (χ4n) is 1.30. The van der Waals surface area contributed by atoms with Crippen molar-refractivity contribution in [3.05, 3.63) is 60.7 Å². The lowest BCUT2D eigenvalue weighted by Gasteiger charge is -2.08. The molecule has 0 aliphatic carbocycles. The predicted octanol–water partition coefficient (Wildman–Crippen LogP) is 3.32. The highest BCUT2D eigenvalue weighted by Gasteiger charge is 2.07. The van der Waals surface area contributed by atoms with E-state index in [1.165, 1.54) is 0 Å². The first kappa shape index (κ1) is 13.5. The molecule has 0 saturated heterocycles. The molecule has 0 amide bonds. The van der Waals surface area contributed by atoms with Gasteiger partial charge in [-0.3, -0.25) is 0 Å². The van der Waals surface area contributed by atoms with E-state index in [0.717, 1.165) is 0 Å². The average molecular weight is 288 g/mol. The highest BCUT2D eigenvalue weighted by molar-refractivity contribution is 7.81. The molecule has 0 bridgehead atoms. The van der Waals surface area contributed by atoms with Crippen molar-refractivity contribution >= 4 is 34.8 Å². The predicted molar refractivity (Wildman–Crippen MR) is 81.5 cm³/mol. The molecule has 0 heterocycles. The number of hydrogen-bond donors (Lipinski definition) is 0. The molecule has 2 rings (SSSR count). The van der Waals surface area contributed by atoms with Crippen LogP contribution in [0.5, 0.6) is 11.5 Å². The largest absolute Gasteiger partial charge is 0.430 e. The summed E-state index contributed by atoms with van der Waals surface area (Å²) in [5.41, 5.74) is 0. The lowest BCUT2D eigenvalue weighted by molar-refractivity contribution is 0.515. The first-order chi connectivity index (χ1) is 9.24. The van der Waals surface area contributed by atoms with Crippen molar-refractivity contribution in [3.8, 4) is 11.5 Å². The Bertz CT molecular complexity index is 507. The second-order valence-corrected chi connectivity index (χ2v) is 4.17. The van der Waals surface area contributed by atoms with Crippen LogP contribution in [0.3, 0.4) is 0 Å². The third kappa shape index (κ3) is 4.65. The molecule has 0 fully saturated rings. The zero-order valence-electron chi connectivity index (χ0n) is 9.85. The zero-order valence-corrected chi connectivity index (χ0v) is 11.5.